The number of hydrogen-bond donors (Lipinski definition) is 1. The monoisotopic (exact) mass is 244 g/mol. The highest BCUT2D eigenvalue weighted by Gasteiger charge is 2.22. The molecule has 18 heavy (non-hydrogen) atoms. The summed E-state index contributed by atoms with van der Waals surface area (Å²) in [7, 11) is 0. The third-order valence-corrected chi connectivity index (χ3v) is 3.56. The summed E-state index contributed by atoms with van der Waals surface area (Å²) >= 11 is 0. The van der Waals surface area contributed by atoms with Crippen LogP contribution in [-0.2, 0) is 0 Å². The second-order valence-electron chi connectivity index (χ2n) is 4.73. The van der Waals surface area contributed by atoms with E-state index in [2.05, 4.69) is 4.90 Å². The van der Waals surface area contributed by atoms with Gasteiger partial charge in [0.15, 0.2) is 5.69 Å². The van der Waals surface area contributed by atoms with Gasteiger partial charge in [0.05, 0.1) is 5.69 Å². The minimum Gasteiger partial charge on any atom is -0.476 e. The zero-order chi connectivity index (χ0) is 12.5. The summed E-state index contributed by atoms with van der Waals surface area (Å²) in [6, 6.07) is 7.72. The number of carboxylic acid groups (broad SMARTS) is 1. The van der Waals surface area contributed by atoms with Crippen molar-refractivity contribution in [1.29, 1.82) is 0 Å². The molecular weight excluding hydrogens is 228 g/mol. The van der Waals surface area contributed by atoms with Crippen molar-refractivity contribution in [2.45, 2.75) is 19.3 Å². The van der Waals surface area contributed by atoms with Crippen LogP contribution in [0.5, 0.6) is 0 Å². The van der Waals surface area contributed by atoms with Crippen molar-refractivity contribution < 1.29 is 9.90 Å². The Balaban J connectivity index is 2.14. The van der Waals surface area contributed by atoms with Gasteiger partial charge in [-0.25, -0.2) is 4.79 Å². The number of carbonyl (C=O) groups is 1. The van der Waals surface area contributed by atoms with Crippen LogP contribution >= 0.6 is 0 Å². The van der Waals surface area contributed by atoms with Crippen molar-refractivity contribution in [1.82, 2.24) is 4.40 Å². The summed E-state index contributed by atoms with van der Waals surface area (Å²) in [5.74, 6) is -0.859. The van der Waals surface area contributed by atoms with E-state index in [1.54, 1.807) is 4.40 Å². The molecule has 0 atom stereocenters. The highest BCUT2D eigenvalue weighted by atomic mass is 16.4. The number of carboxylic acids is 1. The molecule has 3 heterocycles. The number of pyridine rings is 1. The molecule has 94 valence electrons. The maximum atomic E-state index is 11.5. The van der Waals surface area contributed by atoms with Gasteiger partial charge in [0.25, 0.3) is 0 Å². The molecule has 1 saturated heterocycles. The molecule has 1 N–H and O–H groups in total. The molecule has 2 aromatic heterocycles. The van der Waals surface area contributed by atoms with Crippen LogP contribution in [0.2, 0.25) is 0 Å². The smallest absolute Gasteiger partial charge is 0.355 e. The van der Waals surface area contributed by atoms with Crippen LogP contribution in [0.1, 0.15) is 29.8 Å². The molecule has 4 nitrogen and oxygen atoms in total. The Morgan fingerprint density at radius 2 is 1.94 bits per heavy atom. The summed E-state index contributed by atoms with van der Waals surface area (Å²) < 4.78 is 1.76. The average molecular weight is 244 g/mol. The van der Waals surface area contributed by atoms with Gasteiger partial charge < -0.3 is 14.4 Å². The van der Waals surface area contributed by atoms with Gasteiger partial charge in [-0.05, 0) is 37.5 Å². The van der Waals surface area contributed by atoms with E-state index in [9.17, 15) is 9.90 Å². The molecule has 0 saturated carbocycles. The minimum absolute atomic E-state index is 0.382. The number of nitrogens with zero attached hydrogens (tertiary/aromatic N) is 2. The van der Waals surface area contributed by atoms with Crippen molar-refractivity contribution in [2.24, 2.45) is 0 Å². The first-order chi connectivity index (χ1) is 8.77. The Bertz CT molecular complexity index is 582. The molecule has 1 aliphatic heterocycles. The SMILES string of the molecule is O=C(O)c1c(N2CCCCC2)cc2ccccn12. The maximum absolute atomic E-state index is 11.5. The maximum Gasteiger partial charge on any atom is 0.355 e. The first kappa shape index (κ1) is 11.1. The third-order valence-electron chi connectivity index (χ3n) is 3.56. The number of rotatable bonds is 2. The highest BCUT2D eigenvalue weighted by molar-refractivity contribution is 5.95. The van der Waals surface area contributed by atoms with E-state index in [-0.39, 0.29) is 0 Å². The molecule has 0 amide bonds. The first-order valence-corrected chi connectivity index (χ1v) is 6.36. The molecule has 0 bridgehead atoms. The Morgan fingerprint density at radius 3 is 2.67 bits per heavy atom. The Kier molecular flexibility index (Phi) is 2.70. The van der Waals surface area contributed by atoms with E-state index in [4.69, 9.17) is 0 Å². The fourth-order valence-corrected chi connectivity index (χ4v) is 2.70. The lowest BCUT2D eigenvalue weighted by atomic mass is 10.1. The van der Waals surface area contributed by atoms with Gasteiger partial charge in [0.1, 0.15) is 0 Å². The molecule has 0 aliphatic carbocycles. The Labute approximate surface area is 105 Å². The molecule has 1 aliphatic rings. The van der Waals surface area contributed by atoms with Crippen LogP contribution in [-0.4, -0.2) is 28.6 Å². The van der Waals surface area contributed by atoms with E-state index in [0.29, 0.717) is 5.69 Å². The van der Waals surface area contributed by atoms with Crippen LogP contribution in [0, 0.1) is 0 Å². The van der Waals surface area contributed by atoms with E-state index in [1.165, 1.54) is 6.42 Å². The summed E-state index contributed by atoms with van der Waals surface area (Å²) in [4.78, 5) is 13.7. The zero-order valence-electron chi connectivity index (χ0n) is 10.2. The fraction of sp³-hybridized carbons (Fsp3) is 0.357. The Morgan fingerprint density at radius 1 is 1.17 bits per heavy atom. The number of hydrogen-bond acceptors (Lipinski definition) is 2. The lowest BCUT2D eigenvalue weighted by molar-refractivity contribution is 0.0690. The molecular formula is C14H16N2O2. The van der Waals surface area contributed by atoms with Crippen molar-refractivity contribution in [2.75, 3.05) is 18.0 Å². The normalized spacial score (nSPS) is 16.1. The lowest BCUT2D eigenvalue weighted by Crippen LogP contribution is -2.30. The summed E-state index contributed by atoms with van der Waals surface area (Å²) in [5.41, 5.74) is 2.18. The standard InChI is InChI=1S/C14H16N2O2/c17-14(18)13-12(15-7-3-1-4-8-15)10-11-6-2-5-9-16(11)13/h2,5-6,9-10H,1,3-4,7-8H2,(H,17,18). The van der Waals surface area contributed by atoms with Gasteiger partial charge in [-0.2, -0.15) is 0 Å². The van der Waals surface area contributed by atoms with Crippen molar-refractivity contribution in [3.05, 3.63) is 36.2 Å². The molecule has 0 spiro atoms. The summed E-state index contributed by atoms with van der Waals surface area (Å²) in [6.45, 7) is 1.91. The van der Waals surface area contributed by atoms with Gasteiger partial charge in [-0.3, -0.25) is 0 Å². The van der Waals surface area contributed by atoms with Gasteiger partial charge in [-0.15, -0.1) is 0 Å². The van der Waals surface area contributed by atoms with Crippen LogP contribution in [0.3, 0.4) is 0 Å². The minimum atomic E-state index is -0.859. The van der Waals surface area contributed by atoms with E-state index >= 15 is 0 Å². The van der Waals surface area contributed by atoms with E-state index < -0.39 is 5.97 Å². The molecule has 1 fully saturated rings. The van der Waals surface area contributed by atoms with Crippen molar-refractivity contribution >= 4 is 17.2 Å². The van der Waals surface area contributed by atoms with Gasteiger partial charge in [0, 0.05) is 24.8 Å². The predicted octanol–water partition coefficient (Wildman–Crippen LogP) is 2.63. The summed E-state index contributed by atoms with van der Waals surface area (Å²) in [6.07, 6.45) is 5.34. The Hall–Kier alpha value is -1.97. The zero-order valence-corrected chi connectivity index (χ0v) is 10.2. The number of aromatic carboxylic acids is 1. The quantitative estimate of drug-likeness (QED) is 0.883. The molecule has 0 radical (unpaired) electrons. The number of aromatic nitrogens is 1. The fourth-order valence-electron chi connectivity index (χ4n) is 2.70. The predicted molar refractivity (Wildman–Crippen MR) is 70.4 cm³/mol. The van der Waals surface area contributed by atoms with Crippen LogP contribution in [0.4, 0.5) is 5.69 Å². The summed E-state index contributed by atoms with van der Waals surface area (Å²) in [5, 5.41) is 9.44. The molecule has 0 unspecified atom stereocenters. The van der Waals surface area contributed by atoms with E-state index in [1.807, 2.05) is 30.5 Å². The number of fused-ring (bicyclic) bond motifs is 1. The second-order valence-corrected chi connectivity index (χ2v) is 4.73. The second kappa shape index (κ2) is 4.37. The molecule has 4 heteroatoms. The number of anilines is 1. The highest BCUT2D eigenvalue weighted by Crippen LogP contribution is 2.28. The average Bonchev–Trinajstić information content (AvgIpc) is 2.79. The van der Waals surface area contributed by atoms with Crippen LogP contribution in [0.25, 0.3) is 5.52 Å². The lowest BCUT2D eigenvalue weighted by Gasteiger charge is -2.28. The third kappa shape index (κ3) is 1.74. The van der Waals surface area contributed by atoms with Crippen molar-refractivity contribution in [3.63, 3.8) is 0 Å². The van der Waals surface area contributed by atoms with Crippen LogP contribution in [0.15, 0.2) is 30.5 Å². The molecule has 2 aromatic rings. The number of piperidine rings is 1. The molecule has 3 rings (SSSR count). The van der Waals surface area contributed by atoms with Gasteiger partial charge in [-0.1, -0.05) is 6.07 Å². The topological polar surface area (TPSA) is 45.0 Å². The van der Waals surface area contributed by atoms with Gasteiger partial charge in [0.2, 0.25) is 0 Å². The van der Waals surface area contributed by atoms with Crippen molar-refractivity contribution in [3.8, 4) is 0 Å². The van der Waals surface area contributed by atoms with E-state index in [0.717, 1.165) is 37.1 Å². The first-order valence-electron chi connectivity index (χ1n) is 6.36. The largest absolute Gasteiger partial charge is 0.476 e. The van der Waals surface area contributed by atoms with Crippen LogP contribution < -0.4 is 4.90 Å². The van der Waals surface area contributed by atoms with Gasteiger partial charge >= 0.3 is 5.97 Å². The molecule has 0 aromatic carbocycles.